The quantitative estimate of drug-likeness (QED) is 0.479. The third-order valence-corrected chi connectivity index (χ3v) is 5.66. The van der Waals surface area contributed by atoms with Gasteiger partial charge in [-0.1, -0.05) is 32.0 Å². The zero-order chi connectivity index (χ0) is 25.9. The van der Waals surface area contributed by atoms with Crippen molar-refractivity contribution < 1.29 is 13.6 Å². The number of rotatable bonds is 4. The van der Waals surface area contributed by atoms with Crippen molar-refractivity contribution in [3.63, 3.8) is 0 Å². The second-order valence-electron chi connectivity index (χ2n) is 8.96. The maximum absolute atomic E-state index is 15.5. The third kappa shape index (κ3) is 3.65. The minimum Gasteiger partial charge on any atom is -0.383 e. The van der Waals surface area contributed by atoms with Gasteiger partial charge < -0.3 is 9.67 Å². The van der Waals surface area contributed by atoms with Crippen LogP contribution in [0.25, 0.3) is 27.7 Å². The number of hydrogen-bond donors (Lipinski definition) is 1. The Bertz CT molecular complexity index is 1460. The first-order valence-corrected chi connectivity index (χ1v) is 10.5. The smallest absolute Gasteiger partial charge is 0.263 e. The Kier molecular flexibility index (Phi) is 4.42. The van der Waals surface area contributed by atoms with Crippen molar-refractivity contribution in [3.05, 3.63) is 81.9 Å². The van der Waals surface area contributed by atoms with E-state index in [0.717, 1.165) is 21.4 Å². The van der Waals surface area contributed by atoms with E-state index in [0.29, 0.717) is 5.39 Å². The number of pyridine rings is 1. The molecular formula is C26H28FN3O2. The lowest BCUT2D eigenvalue weighted by atomic mass is 9.95. The zero-order valence-electron chi connectivity index (χ0n) is 21.8. The molecule has 0 unspecified atom stereocenters. The molecule has 2 aromatic heterocycles. The fourth-order valence-corrected chi connectivity index (χ4v) is 4.00. The molecule has 4 rings (SSSR count). The van der Waals surface area contributed by atoms with Gasteiger partial charge in [-0.3, -0.25) is 9.36 Å². The van der Waals surface area contributed by atoms with Crippen molar-refractivity contribution in [3.8, 4) is 16.9 Å². The van der Waals surface area contributed by atoms with Crippen molar-refractivity contribution >= 4 is 10.8 Å². The lowest BCUT2D eigenvalue weighted by Gasteiger charge is -2.17. The van der Waals surface area contributed by atoms with Crippen molar-refractivity contribution in [2.75, 3.05) is 0 Å². The van der Waals surface area contributed by atoms with Crippen LogP contribution in [-0.4, -0.2) is 19.2 Å². The van der Waals surface area contributed by atoms with Gasteiger partial charge in [0, 0.05) is 29.0 Å². The molecule has 4 aromatic rings. The van der Waals surface area contributed by atoms with Crippen LogP contribution >= 0.6 is 0 Å². The number of benzene rings is 2. The van der Waals surface area contributed by atoms with Crippen LogP contribution in [0.1, 0.15) is 54.7 Å². The molecule has 6 heteroatoms. The monoisotopic (exact) mass is 436 g/mol. The summed E-state index contributed by atoms with van der Waals surface area (Å²) in [6, 6.07) is 10.2. The second kappa shape index (κ2) is 7.71. The largest absolute Gasteiger partial charge is 0.383 e. The van der Waals surface area contributed by atoms with E-state index in [1.54, 1.807) is 16.8 Å². The number of aliphatic hydroxyl groups is 1. The summed E-state index contributed by atoms with van der Waals surface area (Å²) in [6.45, 7) is 6.11. The van der Waals surface area contributed by atoms with Crippen LogP contribution in [-0.2, 0) is 12.6 Å². The summed E-state index contributed by atoms with van der Waals surface area (Å²) >= 11 is 0. The number of halogens is 1. The Morgan fingerprint density at radius 2 is 1.88 bits per heavy atom. The Morgan fingerprint density at radius 1 is 1.16 bits per heavy atom. The predicted molar refractivity (Wildman–Crippen MR) is 126 cm³/mol. The normalized spacial score (nSPS) is 13.9. The predicted octanol–water partition coefficient (Wildman–Crippen LogP) is 5.19. The standard InChI is InChI=1S/C26H28FN3O2/c1-15(2)20-13-30(23-10-8-7-9-16(23)3)24(31)18-12-21(27)19(11-17(18)20)22-14-29(6)25(28-22)26(4,5)32/h7-15,32H,1-6H3/i6D3. The van der Waals surface area contributed by atoms with Gasteiger partial charge in [-0.15, -0.1) is 0 Å². The molecule has 166 valence electrons. The maximum Gasteiger partial charge on any atom is 0.263 e. The van der Waals surface area contributed by atoms with Crippen molar-refractivity contribution in [2.45, 2.75) is 46.1 Å². The number of aryl methyl sites for hydroxylation is 2. The highest BCUT2D eigenvalue weighted by atomic mass is 19.1. The lowest BCUT2D eigenvalue weighted by molar-refractivity contribution is 0.0659. The molecule has 1 N–H and O–H groups in total. The lowest BCUT2D eigenvalue weighted by Crippen LogP contribution is -2.21. The molecule has 2 aromatic carbocycles. The minimum absolute atomic E-state index is 0.0125. The Hall–Kier alpha value is -3.25. The molecule has 0 aliphatic rings. The average molecular weight is 437 g/mol. The second-order valence-corrected chi connectivity index (χ2v) is 8.96. The highest BCUT2D eigenvalue weighted by molar-refractivity contribution is 5.89. The van der Waals surface area contributed by atoms with Crippen molar-refractivity contribution in [2.24, 2.45) is 6.98 Å². The molecule has 0 spiro atoms. The van der Waals surface area contributed by atoms with Crippen LogP contribution in [0.15, 0.2) is 53.6 Å². The van der Waals surface area contributed by atoms with Gasteiger partial charge >= 0.3 is 0 Å². The van der Waals surface area contributed by atoms with Gasteiger partial charge in [0.2, 0.25) is 0 Å². The van der Waals surface area contributed by atoms with Gasteiger partial charge in [0.05, 0.1) is 16.8 Å². The van der Waals surface area contributed by atoms with Crippen molar-refractivity contribution in [1.82, 2.24) is 14.1 Å². The van der Waals surface area contributed by atoms with Gasteiger partial charge in [0.1, 0.15) is 17.2 Å². The Balaban J connectivity index is 2.02. The summed E-state index contributed by atoms with van der Waals surface area (Å²) in [7, 11) is 0. The van der Waals surface area contributed by atoms with Crippen LogP contribution in [0.4, 0.5) is 4.39 Å². The average Bonchev–Trinajstić information content (AvgIpc) is 3.21. The topological polar surface area (TPSA) is 60.0 Å². The van der Waals surface area contributed by atoms with Crippen molar-refractivity contribution in [1.29, 1.82) is 0 Å². The number of nitrogens with zero attached hydrogens (tertiary/aromatic N) is 3. The molecule has 0 saturated heterocycles. The van der Waals surface area contributed by atoms with Crippen LogP contribution in [0.2, 0.25) is 0 Å². The van der Waals surface area contributed by atoms with E-state index in [1.807, 2.05) is 45.0 Å². The number of para-hydroxylation sites is 1. The van der Waals surface area contributed by atoms with Gasteiger partial charge in [0.15, 0.2) is 0 Å². The molecule has 2 heterocycles. The van der Waals surface area contributed by atoms with E-state index in [1.165, 1.54) is 26.1 Å². The molecule has 0 fully saturated rings. The van der Waals surface area contributed by atoms with E-state index in [4.69, 9.17) is 4.11 Å². The molecule has 5 nitrogen and oxygen atoms in total. The summed E-state index contributed by atoms with van der Waals surface area (Å²) in [6.07, 6.45) is 3.00. The summed E-state index contributed by atoms with van der Waals surface area (Å²) in [5.41, 5.74) is 0.671. The summed E-state index contributed by atoms with van der Waals surface area (Å²) in [5, 5.41) is 11.3. The molecule has 0 amide bonds. The van der Waals surface area contributed by atoms with Crippen LogP contribution < -0.4 is 5.56 Å². The van der Waals surface area contributed by atoms with Gasteiger partial charge in [-0.05, 0) is 61.4 Å². The van der Waals surface area contributed by atoms with E-state index < -0.39 is 18.4 Å². The van der Waals surface area contributed by atoms with Crippen LogP contribution in [0, 0.1) is 12.7 Å². The highest BCUT2D eigenvalue weighted by Crippen LogP contribution is 2.32. The van der Waals surface area contributed by atoms with E-state index in [2.05, 4.69) is 4.98 Å². The first-order valence-electron chi connectivity index (χ1n) is 12.0. The molecule has 0 aliphatic carbocycles. The van der Waals surface area contributed by atoms with E-state index in [9.17, 15) is 9.90 Å². The highest BCUT2D eigenvalue weighted by Gasteiger charge is 2.24. The zero-order valence-corrected chi connectivity index (χ0v) is 18.8. The van der Waals surface area contributed by atoms with Gasteiger partial charge in [-0.25, -0.2) is 9.37 Å². The van der Waals surface area contributed by atoms with E-state index >= 15 is 4.39 Å². The molecule has 0 atom stereocenters. The Morgan fingerprint density at radius 3 is 2.47 bits per heavy atom. The molecule has 32 heavy (non-hydrogen) atoms. The fourth-order valence-electron chi connectivity index (χ4n) is 4.00. The molecular weight excluding hydrogens is 405 g/mol. The summed E-state index contributed by atoms with van der Waals surface area (Å²) < 4.78 is 41.3. The van der Waals surface area contributed by atoms with Crippen LogP contribution in [0.5, 0.6) is 0 Å². The first-order chi connectivity index (χ1) is 16.2. The SMILES string of the molecule is [2H]C([2H])([2H])n1cc(-c2cc3c(C(C)C)cn(-c4ccccc4C)c(=O)c3cc2F)nc1C(C)(C)O. The number of aromatic nitrogens is 3. The van der Waals surface area contributed by atoms with Gasteiger partial charge in [0.25, 0.3) is 5.56 Å². The fraction of sp³-hybridized carbons (Fsp3) is 0.308. The molecule has 0 radical (unpaired) electrons. The third-order valence-electron chi connectivity index (χ3n) is 5.66. The molecule has 0 aliphatic heterocycles. The number of fused-ring (bicyclic) bond motifs is 1. The van der Waals surface area contributed by atoms with Gasteiger partial charge in [-0.2, -0.15) is 0 Å². The van der Waals surface area contributed by atoms with E-state index in [-0.39, 0.29) is 33.9 Å². The summed E-state index contributed by atoms with van der Waals surface area (Å²) in [5.74, 6) is -0.797. The number of imidazole rings is 1. The first kappa shape index (κ1) is 18.3. The number of hydrogen-bond acceptors (Lipinski definition) is 3. The summed E-state index contributed by atoms with van der Waals surface area (Å²) in [4.78, 5) is 17.7. The van der Waals surface area contributed by atoms with Crippen LogP contribution in [0.3, 0.4) is 0 Å². The minimum atomic E-state index is -2.61. The molecule has 0 bridgehead atoms. The Labute approximate surface area is 191 Å². The molecule has 0 saturated carbocycles. The maximum atomic E-state index is 15.5.